The van der Waals surface area contributed by atoms with Crippen LogP contribution >= 0.6 is 0 Å². The molecule has 2 heterocycles. The molecular weight excluding hydrogens is 402 g/mol. The Hall–Kier alpha value is -3.03. The standard InChI is InChI=1S/C23H22F2N4O2/c1-2-5-29-20(30)18-19(28-22(29)31-15-3-4-16(24)17(25)9-15)27-21(26-18)23-10-12-6-13(11-23)8-14(23)7-12/h3-4,7,9,12-13H,2,5-6,8,10-11H2,1H3,(H,26,27). The minimum absolute atomic E-state index is 0.0253. The van der Waals surface area contributed by atoms with Crippen LogP contribution in [0.25, 0.3) is 11.2 Å². The molecule has 1 N–H and O–H groups in total. The summed E-state index contributed by atoms with van der Waals surface area (Å²) in [5, 5.41) is 0. The van der Waals surface area contributed by atoms with Gasteiger partial charge in [0.1, 0.15) is 11.6 Å². The van der Waals surface area contributed by atoms with Crippen LogP contribution in [-0.4, -0.2) is 19.5 Å². The number of hydrogen-bond acceptors (Lipinski definition) is 4. The summed E-state index contributed by atoms with van der Waals surface area (Å²) in [5.41, 5.74) is 1.73. The Morgan fingerprint density at radius 2 is 2.13 bits per heavy atom. The number of halogens is 2. The van der Waals surface area contributed by atoms with Gasteiger partial charge in [0.25, 0.3) is 5.56 Å². The summed E-state index contributed by atoms with van der Waals surface area (Å²) in [6, 6.07) is 3.26. The number of allylic oxidation sites excluding steroid dienone is 2. The van der Waals surface area contributed by atoms with Crippen LogP contribution in [0.3, 0.4) is 0 Å². The Morgan fingerprint density at radius 3 is 2.90 bits per heavy atom. The lowest BCUT2D eigenvalue weighted by molar-refractivity contribution is 0.280. The number of rotatable bonds is 5. The Bertz CT molecular complexity index is 1310. The van der Waals surface area contributed by atoms with E-state index >= 15 is 0 Å². The van der Waals surface area contributed by atoms with Crippen molar-refractivity contribution in [3.05, 3.63) is 57.7 Å². The molecule has 4 aliphatic rings. The molecule has 2 saturated carbocycles. The van der Waals surface area contributed by atoms with Crippen LogP contribution in [0.5, 0.6) is 11.8 Å². The highest BCUT2D eigenvalue weighted by Gasteiger charge is 2.55. The number of hydrogen-bond donors (Lipinski definition) is 1. The van der Waals surface area contributed by atoms with E-state index in [2.05, 4.69) is 16.0 Å². The van der Waals surface area contributed by atoms with Gasteiger partial charge >= 0.3 is 6.01 Å². The SMILES string of the molecule is CCCn1c(Oc2ccc(F)c(F)c2)nc2nc(C34CC5C=C3CC(C5)C4)[nH]c2c1=O. The van der Waals surface area contributed by atoms with Crippen molar-refractivity contribution < 1.29 is 13.5 Å². The molecule has 6 nitrogen and oxygen atoms in total. The summed E-state index contributed by atoms with van der Waals surface area (Å²) in [6.45, 7) is 2.32. The highest BCUT2D eigenvalue weighted by molar-refractivity contribution is 5.70. The van der Waals surface area contributed by atoms with E-state index in [-0.39, 0.29) is 22.7 Å². The third kappa shape index (κ3) is 2.70. The first kappa shape index (κ1) is 18.7. The number of H-pyrrole nitrogens is 1. The van der Waals surface area contributed by atoms with Crippen molar-refractivity contribution in [3.63, 3.8) is 0 Å². The van der Waals surface area contributed by atoms with Crippen LogP contribution in [0.2, 0.25) is 0 Å². The van der Waals surface area contributed by atoms with E-state index in [1.54, 1.807) is 0 Å². The van der Waals surface area contributed by atoms with Gasteiger partial charge in [-0.3, -0.25) is 9.36 Å². The van der Waals surface area contributed by atoms with Gasteiger partial charge in [0, 0.05) is 12.6 Å². The second kappa shape index (κ2) is 6.48. The number of aromatic nitrogens is 4. The number of benzene rings is 1. The Kier molecular flexibility index (Phi) is 3.91. The quantitative estimate of drug-likeness (QED) is 0.608. The van der Waals surface area contributed by atoms with Gasteiger partial charge in [0.15, 0.2) is 22.8 Å². The zero-order valence-electron chi connectivity index (χ0n) is 17.1. The van der Waals surface area contributed by atoms with Gasteiger partial charge < -0.3 is 9.72 Å². The van der Waals surface area contributed by atoms with Crippen molar-refractivity contribution in [1.82, 2.24) is 19.5 Å². The molecule has 0 aliphatic heterocycles. The fourth-order valence-corrected chi connectivity index (χ4v) is 5.87. The Balaban J connectivity index is 1.46. The van der Waals surface area contributed by atoms with Crippen molar-refractivity contribution in [3.8, 4) is 11.8 Å². The smallest absolute Gasteiger partial charge is 0.306 e. The first-order valence-electron chi connectivity index (χ1n) is 10.8. The van der Waals surface area contributed by atoms with E-state index in [1.165, 1.54) is 22.6 Å². The number of fused-ring (bicyclic) bond motifs is 1. The molecule has 3 aromatic rings. The molecule has 4 bridgehead atoms. The van der Waals surface area contributed by atoms with E-state index in [4.69, 9.17) is 9.72 Å². The second-order valence-electron chi connectivity index (χ2n) is 9.06. The average molecular weight is 424 g/mol. The van der Waals surface area contributed by atoms with E-state index in [0.717, 1.165) is 37.2 Å². The number of nitrogens with one attached hydrogen (secondary N) is 1. The topological polar surface area (TPSA) is 72.8 Å². The summed E-state index contributed by atoms with van der Waals surface area (Å²) in [4.78, 5) is 25.8. The summed E-state index contributed by atoms with van der Waals surface area (Å²) in [7, 11) is 0. The highest BCUT2D eigenvalue weighted by atomic mass is 19.2. The molecule has 2 fully saturated rings. The lowest BCUT2D eigenvalue weighted by atomic mass is 9.74. The van der Waals surface area contributed by atoms with Gasteiger partial charge in [-0.25, -0.2) is 13.8 Å². The van der Waals surface area contributed by atoms with Crippen LogP contribution in [0.1, 0.15) is 44.9 Å². The van der Waals surface area contributed by atoms with E-state index in [9.17, 15) is 13.6 Å². The first-order valence-corrected chi connectivity index (χ1v) is 10.8. The van der Waals surface area contributed by atoms with Crippen molar-refractivity contribution >= 4 is 11.2 Å². The molecule has 3 unspecified atom stereocenters. The molecule has 7 rings (SSSR count). The zero-order chi connectivity index (χ0) is 21.3. The van der Waals surface area contributed by atoms with E-state index in [0.29, 0.717) is 36.0 Å². The van der Waals surface area contributed by atoms with Crippen LogP contribution in [0.4, 0.5) is 8.78 Å². The lowest BCUT2D eigenvalue weighted by Crippen LogP contribution is -2.28. The Labute approximate surface area is 177 Å². The predicted molar refractivity (Wildman–Crippen MR) is 110 cm³/mol. The van der Waals surface area contributed by atoms with E-state index < -0.39 is 11.6 Å². The second-order valence-corrected chi connectivity index (χ2v) is 9.06. The molecule has 4 aliphatic carbocycles. The molecule has 31 heavy (non-hydrogen) atoms. The molecular formula is C23H22F2N4O2. The fraction of sp³-hybridized carbons (Fsp3) is 0.435. The maximum atomic E-state index is 13.6. The maximum Gasteiger partial charge on any atom is 0.306 e. The molecule has 0 spiro atoms. The lowest BCUT2D eigenvalue weighted by Gasteiger charge is -2.30. The van der Waals surface area contributed by atoms with Crippen LogP contribution in [0.15, 0.2) is 34.6 Å². The van der Waals surface area contributed by atoms with Crippen molar-refractivity contribution in [2.75, 3.05) is 0 Å². The third-order valence-corrected chi connectivity index (χ3v) is 7.02. The monoisotopic (exact) mass is 424 g/mol. The van der Waals surface area contributed by atoms with Gasteiger partial charge in [-0.2, -0.15) is 4.98 Å². The van der Waals surface area contributed by atoms with Crippen LogP contribution in [0, 0.1) is 23.5 Å². The van der Waals surface area contributed by atoms with Crippen LogP contribution in [-0.2, 0) is 12.0 Å². The highest BCUT2D eigenvalue weighted by Crippen LogP contribution is 2.62. The number of aromatic amines is 1. The summed E-state index contributed by atoms with van der Waals surface area (Å²) in [5.74, 6) is 0.200. The minimum Gasteiger partial charge on any atom is -0.425 e. The summed E-state index contributed by atoms with van der Waals surface area (Å²) in [6.07, 6.45) is 7.56. The van der Waals surface area contributed by atoms with Crippen LogP contribution < -0.4 is 10.3 Å². The fourth-order valence-electron chi connectivity index (χ4n) is 5.87. The first-order chi connectivity index (χ1) is 15.0. The Morgan fingerprint density at radius 1 is 1.26 bits per heavy atom. The van der Waals surface area contributed by atoms with E-state index in [1.807, 2.05) is 6.92 Å². The van der Waals surface area contributed by atoms with Gasteiger partial charge in [0.2, 0.25) is 0 Å². The molecule has 0 amide bonds. The molecule has 3 atom stereocenters. The normalized spacial score (nSPS) is 26.1. The number of imidazole rings is 1. The summed E-state index contributed by atoms with van der Waals surface area (Å²) >= 11 is 0. The van der Waals surface area contributed by atoms with Crippen molar-refractivity contribution in [2.45, 2.75) is 51.0 Å². The molecule has 8 heteroatoms. The van der Waals surface area contributed by atoms with Gasteiger partial charge in [-0.1, -0.05) is 18.6 Å². The van der Waals surface area contributed by atoms with Crippen molar-refractivity contribution in [1.29, 1.82) is 0 Å². The van der Waals surface area contributed by atoms with Gasteiger partial charge in [-0.15, -0.1) is 0 Å². The largest absolute Gasteiger partial charge is 0.425 e. The predicted octanol–water partition coefficient (Wildman–Crippen LogP) is 4.60. The number of nitrogens with zero attached hydrogens (tertiary/aromatic N) is 3. The van der Waals surface area contributed by atoms with Gasteiger partial charge in [-0.05, 0) is 56.1 Å². The molecule has 160 valence electrons. The minimum atomic E-state index is -1.02. The average Bonchev–Trinajstić information content (AvgIpc) is 3.35. The maximum absolute atomic E-state index is 13.6. The van der Waals surface area contributed by atoms with Gasteiger partial charge in [0.05, 0.1) is 5.41 Å². The molecule has 2 aromatic heterocycles. The molecule has 1 aromatic carbocycles. The third-order valence-electron chi connectivity index (χ3n) is 7.02. The zero-order valence-corrected chi connectivity index (χ0v) is 17.1. The summed E-state index contributed by atoms with van der Waals surface area (Å²) < 4.78 is 34.0. The van der Waals surface area contributed by atoms with Crippen molar-refractivity contribution in [2.24, 2.45) is 11.8 Å². The molecule has 0 saturated heterocycles. The number of ether oxygens (including phenoxy) is 1. The molecule has 0 radical (unpaired) electrons.